The number of hydrogen-bond donors (Lipinski definition) is 1. The topological polar surface area (TPSA) is 64.3 Å². The molecule has 0 saturated carbocycles. The summed E-state index contributed by atoms with van der Waals surface area (Å²) >= 11 is 0. The molecule has 0 spiro atoms. The second-order valence-electron chi connectivity index (χ2n) is 8.82. The molecule has 1 saturated heterocycles. The van der Waals surface area contributed by atoms with Crippen molar-refractivity contribution in [2.75, 3.05) is 6.54 Å². The summed E-state index contributed by atoms with van der Waals surface area (Å²) in [6, 6.07) is 20.2. The maximum absolute atomic E-state index is 14.0. The number of carboxylic acids is 1. The van der Waals surface area contributed by atoms with Crippen LogP contribution in [0.15, 0.2) is 66.7 Å². The molecule has 4 rings (SSSR count). The number of alkyl halides is 3. The molecule has 3 aromatic rings. The molecule has 36 heavy (non-hydrogen) atoms. The molecule has 0 bridgehead atoms. The molecular formula is C29H25F3N2O2. The molecule has 1 aliphatic rings. The third kappa shape index (κ3) is 5.67. The number of hydrogen-bond acceptors (Lipinski definition) is 3. The Hall–Kier alpha value is -3.89. The van der Waals surface area contributed by atoms with Gasteiger partial charge in [-0.1, -0.05) is 79.2 Å². The first-order chi connectivity index (χ1) is 17.3. The molecule has 0 radical (unpaired) electrons. The summed E-state index contributed by atoms with van der Waals surface area (Å²) in [5, 5.41) is 19.3. The average molecular weight is 491 g/mol. The van der Waals surface area contributed by atoms with Gasteiger partial charge in [-0.3, -0.25) is 9.69 Å². The maximum atomic E-state index is 14.0. The highest BCUT2D eigenvalue weighted by Gasteiger charge is 2.34. The number of nitrogens with zero attached hydrogens (tertiary/aromatic N) is 2. The maximum Gasteiger partial charge on any atom is 0.416 e. The van der Waals surface area contributed by atoms with Crippen LogP contribution in [0, 0.1) is 11.3 Å². The fourth-order valence-corrected chi connectivity index (χ4v) is 4.66. The number of nitriles is 1. The van der Waals surface area contributed by atoms with E-state index in [1.807, 2.05) is 36.4 Å². The van der Waals surface area contributed by atoms with Gasteiger partial charge < -0.3 is 5.11 Å². The van der Waals surface area contributed by atoms with E-state index in [0.29, 0.717) is 35.2 Å². The quantitative estimate of drug-likeness (QED) is 0.384. The van der Waals surface area contributed by atoms with E-state index in [4.69, 9.17) is 0 Å². The van der Waals surface area contributed by atoms with Crippen LogP contribution in [-0.2, 0) is 17.5 Å². The van der Waals surface area contributed by atoms with Gasteiger partial charge in [-0.05, 0) is 47.7 Å². The lowest BCUT2D eigenvalue weighted by Crippen LogP contribution is -2.44. The fraction of sp³-hybridized carbons (Fsp3) is 0.241. The van der Waals surface area contributed by atoms with Crippen molar-refractivity contribution in [1.29, 1.82) is 5.26 Å². The largest absolute Gasteiger partial charge is 0.480 e. The van der Waals surface area contributed by atoms with Crippen LogP contribution in [0.1, 0.15) is 47.1 Å². The molecule has 0 aliphatic carbocycles. The van der Waals surface area contributed by atoms with Crippen molar-refractivity contribution in [3.05, 3.63) is 94.5 Å². The molecule has 1 heterocycles. The number of piperidine rings is 1. The predicted octanol–water partition coefficient (Wildman–Crippen LogP) is 6.85. The van der Waals surface area contributed by atoms with E-state index in [2.05, 4.69) is 6.07 Å². The van der Waals surface area contributed by atoms with E-state index in [1.165, 1.54) is 18.2 Å². The predicted molar refractivity (Wildman–Crippen MR) is 133 cm³/mol. The van der Waals surface area contributed by atoms with Gasteiger partial charge in [0, 0.05) is 12.1 Å². The van der Waals surface area contributed by atoms with Crippen LogP contribution in [0.4, 0.5) is 13.2 Å². The van der Waals surface area contributed by atoms with E-state index >= 15 is 0 Å². The zero-order valence-corrected chi connectivity index (χ0v) is 19.5. The summed E-state index contributed by atoms with van der Waals surface area (Å²) in [6.45, 7) is 0.677. The van der Waals surface area contributed by atoms with Crippen LogP contribution in [0.2, 0.25) is 0 Å². The smallest absolute Gasteiger partial charge is 0.416 e. The van der Waals surface area contributed by atoms with Crippen LogP contribution >= 0.6 is 0 Å². The number of rotatable bonds is 6. The van der Waals surface area contributed by atoms with Gasteiger partial charge in [-0.2, -0.15) is 18.4 Å². The monoisotopic (exact) mass is 490 g/mol. The summed E-state index contributed by atoms with van der Waals surface area (Å²) in [4.78, 5) is 13.3. The molecule has 4 nitrogen and oxygen atoms in total. The van der Waals surface area contributed by atoms with Gasteiger partial charge in [-0.25, -0.2) is 0 Å². The number of benzene rings is 3. The van der Waals surface area contributed by atoms with Crippen molar-refractivity contribution in [3.8, 4) is 17.2 Å². The van der Waals surface area contributed by atoms with Gasteiger partial charge in [0.2, 0.25) is 0 Å². The van der Waals surface area contributed by atoms with Gasteiger partial charge in [0.1, 0.15) is 12.1 Å². The van der Waals surface area contributed by atoms with E-state index in [-0.39, 0.29) is 12.1 Å². The molecule has 3 aromatic carbocycles. The van der Waals surface area contributed by atoms with Crippen LogP contribution < -0.4 is 0 Å². The van der Waals surface area contributed by atoms with E-state index in [1.54, 1.807) is 23.1 Å². The molecular weight excluding hydrogens is 465 g/mol. The molecule has 1 fully saturated rings. The Bertz CT molecular complexity index is 1310. The highest BCUT2D eigenvalue weighted by molar-refractivity contribution is 5.81. The van der Waals surface area contributed by atoms with Crippen molar-refractivity contribution in [1.82, 2.24) is 4.90 Å². The molecule has 1 aliphatic heterocycles. The number of likely N-dealkylation sites (tertiary alicyclic amines) is 1. The molecule has 1 unspecified atom stereocenters. The minimum atomic E-state index is -4.59. The highest BCUT2D eigenvalue weighted by Crippen LogP contribution is 2.35. The van der Waals surface area contributed by atoms with Gasteiger partial charge in [0.05, 0.1) is 11.1 Å². The molecule has 0 amide bonds. The van der Waals surface area contributed by atoms with E-state index < -0.39 is 23.8 Å². The standard InChI is InChI=1S/C29H25F3N2O2/c30-29(31,32)26-17-20(19-34-16-5-4-11-27(34)28(35)36)12-13-23(26)15-14-22-9-6-10-24(25(22)18-33)21-7-2-1-3-8-21/h1-3,6-10,12-15,17,27H,4-5,11,16,19H2,(H,35,36). The van der Waals surface area contributed by atoms with Crippen molar-refractivity contribution < 1.29 is 23.1 Å². The minimum Gasteiger partial charge on any atom is -0.480 e. The Morgan fingerprint density at radius 1 is 1.03 bits per heavy atom. The average Bonchev–Trinajstić information content (AvgIpc) is 2.87. The Labute approximate surface area is 207 Å². The second kappa shape index (κ2) is 10.8. The fourth-order valence-electron chi connectivity index (χ4n) is 4.66. The number of halogens is 3. The number of aliphatic carboxylic acids is 1. The molecule has 0 aromatic heterocycles. The van der Waals surface area contributed by atoms with Gasteiger partial charge in [0.25, 0.3) is 0 Å². The normalized spacial score (nSPS) is 16.7. The van der Waals surface area contributed by atoms with Crippen LogP contribution in [-0.4, -0.2) is 28.6 Å². The van der Waals surface area contributed by atoms with Gasteiger partial charge >= 0.3 is 12.1 Å². The molecule has 1 atom stereocenters. The van der Waals surface area contributed by atoms with Crippen molar-refractivity contribution in [2.45, 2.75) is 38.0 Å². The van der Waals surface area contributed by atoms with E-state index in [9.17, 15) is 28.3 Å². The first-order valence-electron chi connectivity index (χ1n) is 11.7. The second-order valence-corrected chi connectivity index (χ2v) is 8.82. The Morgan fingerprint density at radius 3 is 2.47 bits per heavy atom. The first kappa shape index (κ1) is 25.2. The summed E-state index contributed by atoms with van der Waals surface area (Å²) in [5.74, 6) is -0.948. The highest BCUT2D eigenvalue weighted by atomic mass is 19.4. The van der Waals surface area contributed by atoms with Gasteiger partial charge in [0.15, 0.2) is 0 Å². The van der Waals surface area contributed by atoms with Gasteiger partial charge in [-0.15, -0.1) is 0 Å². The third-order valence-electron chi connectivity index (χ3n) is 6.44. The Morgan fingerprint density at radius 2 is 1.78 bits per heavy atom. The van der Waals surface area contributed by atoms with Crippen LogP contribution in [0.5, 0.6) is 0 Å². The Kier molecular flexibility index (Phi) is 7.56. The number of carboxylic acid groups (broad SMARTS) is 1. The SMILES string of the molecule is N#Cc1c(C=Cc2ccc(CN3CCCCC3C(=O)O)cc2C(F)(F)F)cccc1-c1ccccc1. The zero-order valence-electron chi connectivity index (χ0n) is 19.5. The minimum absolute atomic E-state index is 0.0197. The van der Waals surface area contributed by atoms with E-state index in [0.717, 1.165) is 24.5 Å². The Balaban J connectivity index is 1.66. The molecule has 1 N–H and O–H groups in total. The lowest BCUT2D eigenvalue weighted by molar-refractivity contribution is -0.145. The first-order valence-corrected chi connectivity index (χ1v) is 11.7. The summed E-state index contributed by atoms with van der Waals surface area (Å²) in [6.07, 6.45) is 0.416. The summed E-state index contributed by atoms with van der Waals surface area (Å²) in [7, 11) is 0. The summed E-state index contributed by atoms with van der Waals surface area (Å²) in [5.41, 5.74) is 2.06. The zero-order chi connectivity index (χ0) is 25.7. The third-order valence-corrected chi connectivity index (χ3v) is 6.44. The lowest BCUT2D eigenvalue weighted by atomic mass is 9.95. The molecule has 184 valence electrons. The van der Waals surface area contributed by atoms with Crippen molar-refractivity contribution >= 4 is 18.1 Å². The number of carbonyl (C=O) groups is 1. The van der Waals surface area contributed by atoms with Crippen LogP contribution in [0.3, 0.4) is 0 Å². The van der Waals surface area contributed by atoms with Crippen LogP contribution in [0.25, 0.3) is 23.3 Å². The lowest BCUT2D eigenvalue weighted by Gasteiger charge is -2.33. The molecule has 7 heteroatoms. The summed E-state index contributed by atoms with van der Waals surface area (Å²) < 4.78 is 41.9. The van der Waals surface area contributed by atoms with Crippen molar-refractivity contribution in [2.24, 2.45) is 0 Å². The van der Waals surface area contributed by atoms with Crippen molar-refractivity contribution in [3.63, 3.8) is 0 Å².